The van der Waals surface area contributed by atoms with Crippen LogP contribution in [0.2, 0.25) is 0 Å². The second-order valence-electron chi connectivity index (χ2n) is 4.19. The van der Waals surface area contributed by atoms with Crippen LogP contribution in [0, 0.1) is 12.8 Å². The Morgan fingerprint density at radius 2 is 2.25 bits per heavy atom. The lowest BCUT2D eigenvalue weighted by atomic mass is 10.1. The van der Waals surface area contributed by atoms with Crippen LogP contribution in [-0.2, 0) is 0 Å². The van der Waals surface area contributed by atoms with Crippen LogP contribution in [0.4, 0.5) is 0 Å². The van der Waals surface area contributed by atoms with Crippen LogP contribution >= 0.6 is 27.3 Å². The average Bonchev–Trinajstić information content (AvgIpc) is 2.55. The Hall–Kier alpha value is -0.390. The summed E-state index contributed by atoms with van der Waals surface area (Å²) >= 11 is 4.85. The Balaban J connectivity index is 2.53. The fraction of sp³-hybridized carbons (Fsp3) is 0.545. The summed E-state index contributed by atoms with van der Waals surface area (Å²) < 4.78 is 1.01. The molecule has 0 spiro atoms. The van der Waals surface area contributed by atoms with Gasteiger partial charge in [0.25, 0.3) is 5.91 Å². The van der Waals surface area contributed by atoms with E-state index in [1.807, 2.05) is 26.8 Å². The molecule has 3 N–H and O–H groups in total. The summed E-state index contributed by atoms with van der Waals surface area (Å²) in [4.78, 5) is 12.5. The normalized spacial score (nSPS) is 12.9. The van der Waals surface area contributed by atoms with Gasteiger partial charge in [0.15, 0.2) is 0 Å². The van der Waals surface area contributed by atoms with Gasteiger partial charge in [-0.3, -0.25) is 4.79 Å². The van der Waals surface area contributed by atoms with Crippen LogP contribution in [0.5, 0.6) is 0 Å². The van der Waals surface area contributed by atoms with Crippen LogP contribution in [0.3, 0.4) is 0 Å². The van der Waals surface area contributed by atoms with Gasteiger partial charge in [-0.1, -0.05) is 13.8 Å². The van der Waals surface area contributed by atoms with Gasteiger partial charge in [-0.05, 0) is 40.4 Å². The Morgan fingerprint density at radius 1 is 1.62 bits per heavy atom. The molecule has 0 radical (unpaired) electrons. The van der Waals surface area contributed by atoms with E-state index in [9.17, 15) is 4.79 Å². The van der Waals surface area contributed by atoms with Crippen molar-refractivity contribution in [2.75, 3.05) is 6.54 Å². The minimum Gasteiger partial charge on any atom is -0.350 e. The monoisotopic (exact) mass is 304 g/mol. The van der Waals surface area contributed by atoms with Crippen LogP contribution in [0.25, 0.3) is 0 Å². The van der Waals surface area contributed by atoms with E-state index >= 15 is 0 Å². The Bertz CT molecular complexity index is 357. The fourth-order valence-corrected chi connectivity index (χ4v) is 2.56. The highest BCUT2D eigenvalue weighted by Crippen LogP contribution is 2.27. The molecule has 0 aliphatic heterocycles. The molecule has 0 aromatic carbocycles. The molecule has 1 amide bonds. The first-order valence-electron chi connectivity index (χ1n) is 5.21. The standard InChI is InChI=1S/C11H17BrN2OS/c1-6(2)8(13)5-14-11(15)9-4-7(3)10(12)16-9/h4,6,8H,5,13H2,1-3H3,(H,14,15). The minimum atomic E-state index is -0.0464. The molecular weight excluding hydrogens is 288 g/mol. The number of nitrogens with two attached hydrogens (primary N) is 1. The molecule has 16 heavy (non-hydrogen) atoms. The molecule has 0 aliphatic rings. The molecule has 3 nitrogen and oxygen atoms in total. The molecule has 0 saturated carbocycles. The van der Waals surface area contributed by atoms with Gasteiger partial charge >= 0.3 is 0 Å². The predicted octanol–water partition coefficient (Wildman–Crippen LogP) is 2.53. The predicted molar refractivity (Wildman–Crippen MR) is 71.9 cm³/mol. The molecule has 1 unspecified atom stereocenters. The van der Waals surface area contributed by atoms with Gasteiger partial charge in [-0.2, -0.15) is 0 Å². The van der Waals surface area contributed by atoms with Gasteiger partial charge in [0.1, 0.15) is 0 Å². The number of halogens is 1. The van der Waals surface area contributed by atoms with Crippen LogP contribution in [-0.4, -0.2) is 18.5 Å². The maximum Gasteiger partial charge on any atom is 0.261 e. The third kappa shape index (κ3) is 3.57. The maximum atomic E-state index is 11.8. The first-order chi connectivity index (χ1) is 7.41. The van der Waals surface area contributed by atoms with E-state index in [0.29, 0.717) is 12.5 Å². The van der Waals surface area contributed by atoms with E-state index in [1.165, 1.54) is 11.3 Å². The van der Waals surface area contributed by atoms with Crippen molar-refractivity contribution in [3.8, 4) is 0 Å². The molecule has 1 atom stereocenters. The molecule has 1 aromatic heterocycles. The highest BCUT2D eigenvalue weighted by molar-refractivity contribution is 9.11. The van der Waals surface area contributed by atoms with Crippen molar-refractivity contribution in [3.05, 3.63) is 20.3 Å². The number of aryl methyl sites for hydroxylation is 1. The van der Waals surface area contributed by atoms with Gasteiger partial charge in [0.2, 0.25) is 0 Å². The molecular formula is C11H17BrN2OS. The first-order valence-corrected chi connectivity index (χ1v) is 6.82. The van der Waals surface area contributed by atoms with E-state index in [-0.39, 0.29) is 11.9 Å². The lowest BCUT2D eigenvalue weighted by molar-refractivity contribution is 0.0953. The highest BCUT2D eigenvalue weighted by Gasteiger charge is 2.13. The number of rotatable bonds is 4. The van der Waals surface area contributed by atoms with Gasteiger partial charge in [0.05, 0.1) is 8.66 Å². The van der Waals surface area contributed by atoms with Crippen molar-refractivity contribution in [2.45, 2.75) is 26.8 Å². The second-order valence-corrected chi connectivity index (χ2v) is 6.56. The lowest BCUT2D eigenvalue weighted by Gasteiger charge is -2.15. The topological polar surface area (TPSA) is 55.1 Å². The molecule has 0 bridgehead atoms. The first kappa shape index (κ1) is 13.7. The number of nitrogens with one attached hydrogen (secondary N) is 1. The number of hydrogen-bond donors (Lipinski definition) is 2. The summed E-state index contributed by atoms with van der Waals surface area (Å²) in [6.07, 6.45) is 0. The van der Waals surface area contributed by atoms with E-state index in [1.54, 1.807) is 0 Å². The number of carbonyl (C=O) groups is 1. The number of thiophene rings is 1. The quantitative estimate of drug-likeness (QED) is 0.898. The van der Waals surface area contributed by atoms with Gasteiger partial charge in [-0.25, -0.2) is 0 Å². The maximum absolute atomic E-state index is 11.8. The third-order valence-electron chi connectivity index (χ3n) is 2.44. The lowest BCUT2D eigenvalue weighted by Crippen LogP contribution is -2.40. The zero-order valence-electron chi connectivity index (χ0n) is 9.71. The van der Waals surface area contributed by atoms with Crippen LogP contribution in [0.15, 0.2) is 9.85 Å². The zero-order valence-corrected chi connectivity index (χ0v) is 12.1. The van der Waals surface area contributed by atoms with Crippen molar-refractivity contribution in [1.82, 2.24) is 5.32 Å². The summed E-state index contributed by atoms with van der Waals surface area (Å²) in [6, 6.07) is 1.89. The molecule has 1 heterocycles. The van der Waals surface area contributed by atoms with E-state index in [2.05, 4.69) is 21.2 Å². The molecule has 5 heteroatoms. The number of carbonyl (C=O) groups excluding carboxylic acids is 1. The van der Waals surface area contributed by atoms with Crippen molar-refractivity contribution in [1.29, 1.82) is 0 Å². The molecule has 0 aliphatic carbocycles. The Labute approximate surface area is 109 Å². The van der Waals surface area contributed by atoms with E-state index in [0.717, 1.165) is 14.2 Å². The fourth-order valence-electron chi connectivity index (χ4n) is 1.11. The number of amides is 1. The molecule has 1 aromatic rings. The smallest absolute Gasteiger partial charge is 0.261 e. The van der Waals surface area contributed by atoms with Gasteiger partial charge < -0.3 is 11.1 Å². The summed E-state index contributed by atoms with van der Waals surface area (Å²) in [5.74, 6) is 0.326. The largest absolute Gasteiger partial charge is 0.350 e. The Morgan fingerprint density at radius 3 is 2.69 bits per heavy atom. The summed E-state index contributed by atoms with van der Waals surface area (Å²) in [7, 11) is 0. The van der Waals surface area contributed by atoms with E-state index < -0.39 is 0 Å². The zero-order chi connectivity index (χ0) is 12.3. The average molecular weight is 305 g/mol. The van der Waals surface area contributed by atoms with Crippen LogP contribution in [0.1, 0.15) is 29.1 Å². The second kappa shape index (κ2) is 5.80. The summed E-state index contributed by atoms with van der Waals surface area (Å²) in [6.45, 7) is 6.58. The van der Waals surface area contributed by atoms with Crippen molar-refractivity contribution in [3.63, 3.8) is 0 Å². The molecule has 90 valence electrons. The van der Waals surface area contributed by atoms with Crippen LogP contribution < -0.4 is 11.1 Å². The van der Waals surface area contributed by atoms with E-state index in [4.69, 9.17) is 5.73 Å². The third-order valence-corrected chi connectivity index (χ3v) is 4.57. The van der Waals surface area contributed by atoms with Crippen molar-refractivity contribution >= 4 is 33.2 Å². The van der Waals surface area contributed by atoms with Crippen molar-refractivity contribution in [2.24, 2.45) is 11.7 Å². The summed E-state index contributed by atoms with van der Waals surface area (Å²) in [5.41, 5.74) is 6.94. The molecule has 1 rings (SSSR count). The minimum absolute atomic E-state index is 0.00782. The summed E-state index contributed by atoms with van der Waals surface area (Å²) in [5, 5.41) is 2.85. The Kier molecular flexibility index (Phi) is 4.95. The highest BCUT2D eigenvalue weighted by atomic mass is 79.9. The molecule has 0 fully saturated rings. The number of hydrogen-bond acceptors (Lipinski definition) is 3. The van der Waals surface area contributed by atoms with Crippen molar-refractivity contribution < 1.29 is 4.79 Å². The SMILES string of the molecule is Cc1cc(C(=O)NCC(N)C(C)C)sc1Br. The van der Waals surface area contributed by atoms with Gasteiger partial charge in [-0.15, -0.1) is 11.3 Å². The van der Waals surface area contributed by atoms with Gasteiger partial charge in [0, 0.05) is 12.6 Å². The molecule has 0 saturated heterocycles.